The van der Waals surface area contributed by atoms with Crippen molar-refractivity contribution in [1.82, 2.24) is 4.90 Å². The van der Waals surface area contributed by atoms with Gasteiger partial charge in [-0.25, -0.2) is 4.39 Å². The van der Waals surface area contributed by atoms with E-state index in [1.54, 1.807) is 18.9 Å². The molecule has 1 N–H and O–H groups in total. The van der Waals surface area contributed by atoms with Gasteiger partial charge in [-0.3, -0.25) is 9.69 Å². The average Bonchev–Trinajstić information content (AvgIpc) is 2.36. The zero-order chi connectivity index (χ0) is 13.0. The first-order valence-electron chi connectivity index (χ1n) is 5.60. The molecule has 0 amide bonds. The van der Waals surface area contributed by atoms with E-state index < -0.39 is 0 Å². The van der Waals surface area contributed by atoms with E-state index in [1.807, 2.05) is 6.92 Å². The largest absolute Gasteiger partial charge is 0.395 e. The highest BCUT2D eigenvalue weighted by Gasteiger charge is 2.22. The van der Waals surface area contributed by atoms with Crippen LogP contribution in [0.15, 0.2) is 24.3 Å². The SMILES string of the molecule is CC(CO)N(C)C(C)C(=O)c1ccc(F)cc1. The third kappa shape index (κ3) is 3.35. The van der Waals surface area contributed by atoms with Crippen molar-refractivity contribution in [2.45, 2.75) is 25.9 Å². The van der Waals surface area contributed by atoms with Gasteiger partial charge in [-0.1, -0.05) is 0 Å². The summed E-state index contributed by atoms with van der Waals surface area (Å²) in [5.41, 5.74) is 0.482. The van der Waals surface area contributed by atoms with E-state index in [0.717, 1.165) is 0 Å². The molecule has 1 aromatic rings. The van der Waals surface area contributed by atoms with Gasteiger partial charge in [0.25, 0.3) is 0 Å². The molecule has 3 nitrogen and oxygen atoms in total. The van der Waals surface area contributed by atoms with Crippen LogP contribution in [-0.2, 0) is 0 Å². The van der Waals surface area contributed by atoms with E-state index in [4.69, 9.17) is 5.11 Å². The number of likely N-dealkylation sites (N-methyl/N-ethyl adjacent to an activating group) is 1. The molecular weight excluding hydrogens is 221 g/mol. The predicted molar refractivity (Wildman–Crippen MR) is 64.5 cm³/mol. The first kappa shape index (κ1) is 13.8. The second kappa shape index (κ2) is 5.89. The number of aliphatic hydroxyl groups is 1. The van der Waals surface area contributed by atoms with Gasteiger partial charge < -0.3 is 5.11 Å². The second-order valence-corrected chi connectivity index (χ2v) is 4.24. The fourth-order valence-corrected chi connectivity index (χ4v) is 1.55. The maximum absolute atomic E-state index is 12.7. The van der Waals surface area contributed by atoms with E-state index >= 15 is 0 Å². The molecule has 0 heterocycles. The topological polar surface area (TPSA) is 40.5 Å². The first-order chi connectivity index (χ1) is 7.97. The number of carbonyl (C=O) groups is 1. The lowest BCUT2D eigenvalue weighted by molar-refractivity contribution is 0.0763. The minimum absolute atomic E-state index is 0.00244. The zero-order valence-corrected chi connectivity index (χ0v) is 10.4. The molecule has 17 heavy (non-hydrogen) atoms. The van der Waals surface area contributed by atoms with Gasteiger partial charge in [0, 0.05) is 11.6 Å². The Balaban J connectivity index is 2.79. The number of halogens is 1. The maximum Gasteiger partial charge on any atom is 0.179 e. The van der Waals surface area contributed by atoms with Crippen LogP contribution in [0.4, 0.5) is 4.39 Å². The summed E-state index contributed by atoms with van der Waals surface area (Å²) < 4.78 is 12.7. The minimum Gasteiger partial charge on any atom is -0.395 e. The van der Waals surface area contributed by atoms with Crippen LogP contribution in [-0.4, -0.2) is 41.5 Å². The lowest BCUT2D eigenvalue weighted by Gasteiger charge is -2.28. The van der Waals surface area contributed by atoms with E-state index in [9.17, 15) is 9.18 Å². The molecule has 0 saturated heterocycles. The number of aliphatic hydroxyl groups excluding tert-OH is 1. The molecule has 0 fully saturated rings. The van der Waals surface area contributed by atoms with Crippen LogP contribution < -0.4 is 0 Å². The summed E-state index contributed by atoms with van der Waals surface area (Å²) in [6, 6.07) is 5.07. The van der Waals surface area contributed by atoms with Gasteiger partial charge in [0.05, 0.1) is 12.6 Å². The molecular formula is C13H18FNO2. The van der Waals surface area contributed by atoms with Crippen LogP contribution in [0.3, 0.4) is 0 Å². The molecule has 1 rings (SSSR count). The van der Waals surface area contributed by atoms with Gasteiger partial charge in [0.1, 0.15) is 5.82 Å². The molecule has 1 aromatic carbocycles. The van der Waals surface area contributed by atoms with Gasteiger partial charge in [0.2, 0.25) is 0 Å². The Bertz CT molecular complexity index is 378. The normalized spacial score (nSPS) is 14.7. The molecule has 2 unspecified atom stereocenters. The third-order valence-electron chi connectivity index (χ3n) is 3.08. The summed E-state index contributed by atoms with van der Waals surface area (Å²) in [7, 11) is 1.78. The fourth-order valence-electron chi connectivity index (χ4n) is 1.55. The van der Waals surface area contributed by atoms with Crippen molar-refractivity contribution >= 4 is 5.78 Å². The second-order valence-electron chi connectivity index (χ2n) is 4.24. The van der Waals surface area contributed by atoms with Gasteiger partial charge in [-0.2, -0.15) is 0 Å². The van der Waals surface area contributed by atoms with Crippen LogP contribution >= 0.6 is 0 Å². The molecule has 0 aromatic heterocycles. The van der Waals surface area contributed by atoms with Crippen molar-refractivity contribution in [2.24, 2.45) is 0 Å². The Morgan fingerprint density at radius 3 is 2.35 bits per heavy atom. The van der Waals surface area contributed by atoms with E-state index in [-0.39, 0.29) is 30.3 Å². The molecule has 0 spiro atoms. The van der Waals surface area contributed by atoms with Crippen LogP contribution in [0.25, 0.3) is 0 Å². The number of nitrogens with zero attached hydrogens (tertiary/aromatic N) is 1. The Kier molecular flexibility index (Phi) is 4.78. The van der Waals surface area contributed by atoms with Gasteiger partial charge in [-0.05, 0) is 45.2 Å². The third-order valence-corrected chi connectivity index (χ3v) is 3.08. The van der Waals surface area contributed by atoms with Crippen molar-refractivity contribution in [3.8, 4) is 0 Å². The summed E-state index contributed by atoms with van der Waals surface area (Å²) in [5, 5.41) is 9.04. The number of hydrogen-bond acceptors (Lipinski definition) is 3. The summed E-state index contributed by atoms with van der Waals surface area (Å²) in [6.07, 6.45) is 0. The molecule has 0 saturated carbocycles. The van der Waals surface area contributed by atoms with Crippen LogP contribution in [0.2, 0.25) is 0 Å². The summed E-state index contributed by atoms with van der Waals surface area (Å²) >= 11 is 0. The summed E-state index contributed by atoms with van der Waals surface area (Å²) in [6.45, 7) is 3.61. The monoisotopic (exact) mass is 239 g/mol. The summed E-state index contributed by atoms with van der Waals surface area (Å²) in [5.74, 6) is -0.431. The summed E-state index contributed by atoms with van der Waals surface area (Å²) in [4.78, 5) is 13.9. The number of hydrogen-bond donors (Lipinski definition) is 1. The first-order valence-corrected chi connectivity index (χ1v) is 5.60. The molecule has 0 aliphatic carbocycles. The maximum atomic E-state index is 12.7. The predicted octanol–water partition coefficient (Wildman–Crippen LogP) is 1.71. The molecule has 4 heteroatoms. The number of rotatable bonds is 5. The van der Waals surface area contributed by atoms with Crippen molar-refractivity contribution in [2.75, 3.05) is 13.7 Å². The van der Waals surface area contributed by atoms with Crippen molar-refractivity contribution in [3.05, 3.63) is 35.6 Å². The lowest BCUT2D eigenvalue weighted by atomic mass is 10.0. The van der Waals surface area contributed by atoms with E-state index in [1.165, 1.54) is 24.3 Å². The number of ketones is 1. The number of carbonyl (C=O) groups excluding carboxylic acids is 1. The Hall–Kier alpha value is -1.26. The Labute approximate surface area is 101 Å². The Morgan fingerprint density at radius 1 is 1.35 bits per heavy atom. The van der Waals surface area contributed by atoms with Crippen LogP contribution in [0.1, 0.15) is 24.2 Å². The van der Waals surface area contributed by atoms with E-state index in [0.29, 0.717) is 5.56 Å². The Morgan fingerprint density at radius 2 is 1.88 bits per heavy atom. The lowest BCUT2D eigenvalue weighted by Crippen LogP contribution is -2.43. The smallest absolute Gasteiger partial charge is 0.179 e. The van der Waals surface area contributed by atoms with Crippen molar-refractivity contribution in [1.29, 1.82) is 0 Å². The van der Waals surface area contributed by atoms with Crippen molar-refractivity contribution < 1.29 is 14.3 Å². The molecule has 0 radical (unpaired) electrons. The van der Waals surface area contributed by atoms with Gasteiger partial charge in [-0.15, -0.1) is 0 Å². The van der Waals surface area contributed by atoms with Gasteiger partial charge in [0.15, 0.2) is 5.78 Å². The van der Waals surface area contributed by atoms with Gasteiger partial charge >= 0.3 is 0 Å². The molecule has 2 atom stereocenters. The standard InChI is InChI=1S/C13H18FNO2/c1-9(8-16)15(3)10(2)13(17)11-4-6-12(14)7-5-11/h4-7,9-10,16H,8H2,1-3H3. The molecule has 0 bridgehead atoms. The molecule has 94 valence electrons. The molecule has 0 aliphatic heterocycles. The highest BCUT2D eigenvalue weighted by Crippen LogP contribution is 2.11. The van der Waals surface area contributed by atoms with E-state index in [2.05, 4.69) is 0 Å². The quantitative estimate of drug-likeness (QED) is 0.795. The number of benzene rings is 1. The highest BCUT2D eigenvalue weighted by molar-refractivity contribution is 5.99. The number of Topliss-reactive ketones (excluding diaryl/α,β-unsaturated/α-hetero) is 1. The molecule has 0 aliphatic rings. The minimum atomic E-state index is -0.355. The highest BCUT2D eigenvalue weighted by atomic mass is 19.1. The fraction of sp³-hybridized carbons (Fsp3) is 0.462. The van der Waals surface area contributed by atoms with Crippen LogP contribution in [0, 0.1) is 5.82 Å². The average molecular weight is 239 g/mol. The van der Waals surface area contributed by atoms with Crippen LogP contribution in [0.5, 0.6) is 0 Å². The van der Waals surface area contributed by atoms with Crippen molar-refractivity contribution in [3.63, 3.8) is 0 Å². The zero-order valence-electron chi connectivity index (χ0n) is 10.4.